The number of nitrogens with two attached hydrogens (primary N) is 1. The predicted molar refractivity (Wildman–Crippen MR) is 44.2 cm³/mol. The van der Waals surface area contributed by atoms with Gasteiger partial charge in [-0.15, -0.1) is 11.3 Å². The molecule has 0 aliphatic carbocycles. The second-order valence-corrected chi connectivity index (χ2v) is 3.43. The molecular formula is C6H6N2O3S. The number of carbonyl (C=O) groups is 1. The van der Waals surface area contributed by atoms with Crippen molar-refractivity contribution in [3.8, 4) is 0 Å². The van der Waals surface area contributed by atoms with Crippen molar-refractivity contribution in [2.75, 3.05) is 0 Å². The van der Waals surface area contributed by atoms with E-state index in [0.29, 0.717) is 4.88 Å². The number of aryl methyl sites for hydroxylation is 1. The molecule has 1 rings (SSSR count). The summed E-state index contributed by atoms with van der Waals surface area (Å²) in [5.74, 6) is -0.629. The van der Waals surface area contributed by atoms with E-state index in [1.165, 1.54) is 6.07 Å². The number of hydrogen-bond donors (Lipinski definition) is 1. The zero-order valence-electron chi connectivity index (χ0n) is 6.23. The molecule has 2 N–H and O–H groups in total. The highest BCUT2D eigenvalue weighted by molar-refractivity contribution is 7.14. The van der Waals surface area contributed by atoms with Crippen LogP contribution in [-0.2, 0) is 0 Å². The van der Waals surface area contributed by atoms with Crippen LogP contribution in [0.5, 0.6) is 0 Å². The summed E-state index contributed by atoms with van der Waals surface area (Å²) in [4.78, 5) is 21.1. The molecule has 0 unspecified atom stereocenters. The third-order valence-electron chi connectivity index (χ3n) is 1.33. The molecule has 1 heterocycles. The molecule has 0 spiro atoms. The van der Waals surface area contributed by atoms with Gasteiger partial charge in [0.1, 0.15) is 0 Å². The molecule has 0 fully saturated rings. The average molecular weight is 186 g/mol. The van der Waals surface area contributed by atoms with Crippen molar-refractivity contribution in [3.63, 3.8) is 0 Å². The Morgan fingerprint density at radius 1 is 1.75 bits per heavy atom. The number of carbonyl (C=O) groups excluding carboxylic acids is 1. The summed E-state index contributed by atoms with van der Waals surface area (Å²) in [6.45, 7) is 1.58. The molecule has 0 atom stereocenters. The monoisotopic (exact) mass is 186 g/mol. The van der Waals surface area contributed by atoms with Crippen LogP contribution in [0.3, 0.4) is 0 Å². The Morgan fingerprint density at radius 3 is 2.58 bits per heavy atom. The minimum absolute atomic E-state index is 0.0474. The minimum atomic E-state index is -0.629. The van der Waals surface area contributed by atoms with Crippen molar-refractivity contribution >= 4 is 22.9 Å². The van der Waals surface area contributed by atoms with E-state index in [1.807, 2.05) is 0 Å². The van der Waals surface area contributed by atoms with E-state index in [0.717, 1.165) is 11.3 Å². The van der Waals surface area contributed by atoms with Gasteiger partial charge in [-0.05, 0) is 6.92 Å². The molecule has 1 aromatic heterocycles. The highest BCUT2D eigenvalue weighted by Crippen LogP contribution is 2.27. The van der Waals surface area contributed by atoms with Gasteiger partial charge in [0, 0.05) is 6.07 Å². The molecule has 0 radical (unpaired) electrons. The average Bonchev–Trinajstić information content (AvgIpc) is 2.30. The lowest BCUT2D eigenvalue weighted by Crippen LogP contribution is -2.08. The van der Waals surface area contributed by atoms with Crippen LogP contribution in [-0.4, -0.2) is 10.8 Å². The number of thiophene rings is 1. The summed E-state index contributed by atoms with van der Waals surface area (Å²) in [5, 5.41) is 10.3. The van der Waals surface area contributed by atoms with E-state index in [-0.39, 0.29) is 10.6 Å². The van der Waals surface area contributed by atoms with Crippen LogP contribution in [0.1, 0.15) is 14.5 Å². The molecule has 0 saturated heterocycles. The van der Waals surface area contributed by atoms with Gasteiger partial charge in [0.15, 0.2) is 0 Å². The lowest BCUT2D eigenvalue weighted by molar-refractivity contribution is -0.385. The smallest absolute Gasteiger partial charge is 0.283 e. The van der Waals surface area contributed by atoms with Crippen LogP contribution in [0, 0.1) is 17.0 Å². The molecule has 64 valence electrons. The third kappa shape index (κ3) is 1.42. The molecule has 0 aliphatic heterocycles. The predicted octanol–water partition coefficient (Wildman–Crippen LogP) is 1.06. The van der Waals surface area contributed by atoms with Gasteiger partial charge in [-0.1, -0.05) is 0 Å². The van der Waals surface area contributed by atoms with E-state index < -0.39 is 10.8 Å². The number of hydrogen-bond acceptors (Lipinski definition) is 4. The molecule has 6 heteroatoms. The SMILES string of the molecule is Cc1sc(C(N)=O)cc1[N+](=O)[O-]. The first-order valence-corrected chi connectivity index (χ1v) is 3.88. The maximum absolute atomic E-state index is 10.6. The van der Waals surface area contributed by atoms with Gasteiger partial charge >= 0.3 is 0 Å². The third-order valence-corrected chi connectivity index (χ3v) is 2.39. The number of rotatable bonds is 2. The van der Waals surface area contributed by atoms with Crippen molar-refractivity contribution < 1.29 is 9.72 Å². The van der Waals surface area contributed by atoms with Crippen LogP contribution in [0.15, 0.2) is 6.07 Å². The van der Waals surface area contributed by atoms with Crippen LogP contribution in [0.25, 0.3) is 0 Å². The quantitative estimate of drug-likeness (QED) is 0.553. The summed E-state index contributed by atoms with van der Waals surface area (Å²) < 4.78 is 0. The molecule has 5 nitrogen and oxygen atoms in total. The van der Waals surface area contributed by atoms with Crippen molar-refractivity contribution in [1.82, 2.24) is 0 Å². The molecule has 1 aromatic rings. The molecule has 0 bridgehead atoms. The Balaban J connectivity index is 3.17. The molecular weight excluding hydrogens is 180 g/mol. The fourth-order valence-corrected chi connectivity index (χ4v) is 1.61. The maximum atomic E-state index is 10.6. The topological polar surface area (TPSA) is 86.2 Å². The molecule has 0 saturated carbocycles. The van der Waals surface area contributed by atoms with Gasteiger partial charge in [0.25, 0.3) is 11.6 Å². The van der Waals surface area contributed by atoms with Crippen molar-refractivity contribution in [2.24, 2.45) is 5.73 Å². The second-order valence-electron chi connectivity index (χ2n) is 2.17. The number of nitro groups is 1. The highest BCUT2D eigenvalue weighted by Gasteiger charge is 2.17. The normalized spacial score (nSPS) is 9.75. The minimum Gasteiger partial charge on any atom is -0.365 e. The van der Waals surface area contributed by atoms with Gasteiger partial charge in [0.05, 0.1) is 14.7 Å². The van der Waals surface area contributed by atoms with Crippen molar-refractivity contribution in [2.45, 2.75) is 6.92 Å². The summed E-state index contributed by atoms with van der Waals surface area (Å²) in [7, 11) is 0. The fraction of sp³-hybridized carbons (Fsp3) is 0.167. The van der Waals surface area contributed by atoms with Crippen molar-refractivity contribution in [1.29, 1.82) is 0 Å². The summed E-state index contributed by atoms with van der Waals surface area (Å²) >= 11 is 1.03. The summed E-state index contributed by atoms with van der Waals surface area (Å²) in [6, 6.07) is 1.20. The van der Waals surface area contributed by atoms with Crippen LogP contribution >= 0.6 is 11.3 Å². The van der Waals surface area contributed by atoms with E-state index in [4.69, 9.17) is 5.73 Å². The van der Waals surface area contributed by atoms with Crippen molar-refractivity contribution in [3.05, 3.63) is 25.9 Å². The number of amides is 1. The zero-order valence-corrected chi connectivity index (χ0v) is 7.05. The standard InChI is InChI=1S/C6H6N2O3S/c1-3-4(8(10)11)2-5(12-3)6(7)9/h2H,1H3,(H2,7,9). The van der Waals surface area contributed by atoms with Gasteiger partial charge in [-0.2, -0.15) is 0 Å². The van der Waals surface area contributed by atoms with Crippen LogP contribution in [0.4, 0.5) is 5.69 Å². The van der Waals surface area contributed by atoms with E-state index in [1.54, 1.807) is 6.92 Å². The molecule has 0 aliphatic rings. The van der Waals surface area contributed by atoms with Gasteiger partial charge in [-0.3, -0.25) is 14.9 Å². The lowest BCUT2D eigenvalue weighted by atomic mass is 10.4. The first kappa shape index (κ1) is 8.66. The number of primary amides is 1. The molecule has 0 aromatic carbocycles. The van der Waals surface area contributed by atoms with E-state index in [2.05, 4.69) is 0 Å². The van der Waals surface area contributed by atoms with Crippen LogP contribution in [0.2, 0.25) is 0 Å². The number of nitrogens with zero attached hydrogens (tertiary/aromatic N) is 1. The first-order valence-electron chi connectivity index (χ1n) is 3.07. The Labute approximate surface area is 72.0 Å². The Hall–Kier alpha value is -1.43. The lowest BCUT2D eigenvalue weighted by Gasteiger charge is -1.83. The van der Waals surface area contributed by atoms with Crippen LogP contribution < -0.4 is 5.73 Å². The van der Waals surface area contributed by atoms with E-state index in [9.17, 15) is 14.9 Å². The summed E-state index contributed by atoms with van der Waals surface area (Å²) in [5.41, 5.74) is 4.90. The molecule has 1 amide bonds. The zero-order chi connectivity index (χ0) is 9.30. The Kier molecular flexibility index (Phi) is 2.09. The van der Waals surface area contributed by atoms with Gasteiger partial charge in [-0.25, -0.2) is 0 Å². The highest BCUT2D eigenvalue weighted by atomic mass is 32.1. The van der Waals surface area contributed by atoms with Gasteiger partial charge < -0.3 is 5.73 Å². The largest absolute Gasteiger partial charge is 0.365 e. The first-order chi connectivity index (χ1) is 5.52. The molecule has 12 heavy (non-hydrogen) atoms. The second kappa shape index (κ2) is 2.90. The Bertz CT molecular complexity index is 345. The van der Waals surface area contributed by atoms with E-state index >= 15 is 0 Å². The summed E-state index contributed by atoms with van der Waals surface area (Å²) in [6.07, 6.45) is 0. The fourth-order valence-electron chi connectivity index (χ4n) is 0.775. The maximum Gasteiger partial charge on any atom is 0.283 e. The Morgan fingerprint density at radius 2 is 2.33 bits per heavy atom. The van der Waals surface area contributed by atoms with Gasteiger partial charge in [0.2, 0.25) is 0 Å².